The average Bonchev–Trinajstić information content (AvgIpc) is 2.70. The molecular weight excluding hydrogens is 354 g/mol. The van der Waals surface area contributed by atoms with E-state index in [2.05, 4.69) is 17.8 Å². The summed E-state index contributed by atoms with van der Waals surface area (Å²) in [7, 11) is 1.63. The van der Waals surface area contributed by atoms with Crippen molar-refractivity contribution in [2.45, 2.75) is 12.5 Å². The summed E-state index contributed by atoms with van der Waals surface area (Å²) < 4.78 is 5.35. The lowest BCUT2D eigenvalue weighted by atomic mass is 10.1. The number of rotatable bonds is 9. The lowest BCUT2D eigenvalue weighted by molar-refractivity contribution is -0.137. The van der Waals surface area contributed by atoms with Crippen LogP contribution in [0.5, 0.6) is 5.75 Å². The molecule has 1 N–H and O–H groups in total. The molecule has 1 aliphatic rings. The van der Waals surface area contributed by atoms with Crippen LogP contribution in [-0.4, -0.2) is 67.5 Å². The lowest BCUT2D eigenvalue weighted by Crippen LogP contribution is -2.56. The zero-order valence-electron chi connectivity index (χ0n) is 16.3. The highest BCUT2D eigenvalue weighted by atomic mass is 16.5. The normalized spacial score (nSPS) is 17.0. The molecule has 6 heteroatoms. The lowest BCUT2D eigenvalue weighted by Gasteiger charge is -2.34. The highest BCUT2D eigenvalue weighted by molar-refractivity contribution is 5.89. The molecule has 6 nitrogen and oxygen atoms in total. The molecule has 1 heterocycles. The molecular formula is C22H27N3O3. The molecule has 28 heavy (non-hydrogen) atoms. The first kappa shape index (κ1) is 21.3. The summed E-state index contributed by atoms with van der Waals surface area (Å²) in [6.45, 7) is 6.02. The van der Waals surface area contributed by atoms with E-state index in [1.807, 2.05) is 41.3 Å². The number of carbonyl (C=O) groups excluding carboxylic acids is 2. The molecule has 0 bridgehead atoms. The number of methoxy groups -OCH3 is 1. The molecule has 148 valence electrons. The fourth-order valence-corrected chi connectivity index (χ4v) is 3.14. The molecule has 2 rings (SSSR count). The number of hydrogen-bond donors (Lipinski definition) is 1. The highest BCUT2D eigenvalue weighted by Gasteiger charge is 2.32. The fraction of sp³-hybridized carbons (Fsp3) is 0.364. The van der Waals surface area contributed by atoms with Gasteiger partial charge in [-0.3, -0.25) is 14.5 Å². The zero-order valence-corrected chi connectivity index (χ0v) is 16.3. The van der Waals surface area contributed by atoms with Crippen molar-refractivity contribution in [1.82, 2.24) is 15.1 Å². The summed E-state index contributed by atoms with van der Waals surface area (Å²) in [5, 5.41) is 2.84. The molecule has 2 amide bonds. The van der Waals surface area contributed by atoms with E-state index in [0.29, 0.717) is 26.2 Å². The first-order chi connectivity index (χ1) is 13.6. The molecule has 0 radical (unpaired) electrons. The summed E-state index contributed by atoms with van der Waals surface area (Å²) in [6, 6.07) is 7.20. The van der Waals surface area contributed by atoms with Crippen molar-refractivity contribution in [2.24, 2.45) is 0 Å². The molecule has 0 saturated carbocycles. The van der Waals surface area contributed by atoms with Crippen molar-refractivity contribution in [3.05, 3.63) is 48.6 Å². The molecule has 1 saturated heterocycles. The van der Waals surface area contributed by atoms with E-state index in [4.69, 9.17) is 11.2 Å². The Kier molecular flexibility index (Phi) is 8.32. The molecule has 1 aromatic carbocycles. The van der Waals surface area contributed by atoms with Crippen LogP contribution in [0.15, 0.2) is 43.0 Å². The van der Waals surface area contributed by atoms with Gasteiger partial charge < -0.3 is 15.0 Å². The molecule has 1 atom stereocenters. The van der Waals surface area contributed by atoms with E-state index in [9.17, 15) is 9.59 Å². The Morgan fingerprint density at radius 3 is 3.00 bits per heavy atom. The van der Waals surface area contributed by atoms with Crippen LogP contribution in [0.4, 0.5) is 0 Å². The molecule has 1 aliphatic heterocycles. The minimum atomic E-state index is -0.520. The maximum atomic E-state index is 12.6. The number of carbonyl (C=O) groups is 2. The second kappa shape index (κ2) is 11.0. The van der Waals surface area contributed by atoms with Crippen LogP contribution >= 0.6 is 0 Å². The Hall–Kier alpha value is -3.04. The number of hydrogen-bond acceptors (Lipinski definition) is 4. The van der Waals surface area contributed by atoms with Crippen LogP contribution in [0, 0.1) is 12.3 Å². The second-order valence-electron chi connectivity index (χ2n) is 6.42. The number of nitrogens with zero attached hydrogens (tertiary/aromatic N) is 2. The highest BCUT2D eigenvalue weighted by Crippen LogP contribution is 2.19. The largest absolute Gasteiger partial charge is 0.496 e. The number of benzene rings is 1. The Balaban J connectivity index is 2.06. The van der Waals surface area contributed by atoms with Crippen molar-refractivity contribution in [3.8, 4) is 18.1 Å². The van der Waals surface area contributed by atoms with Gasteiger partial charge in [-0.15, -0.1) is 13.0 Å². The third kappa shape index (κ3) is 5.73. The van der Waals surface area contributed by atoms with Gasteiger partial charge in [-0.05, 0) is 6.07 Å². The first-order valence-corrected chi connectivity index (χ1v) is 9.24. The Bertz CT molecular complexity index is 767. The fourth-order valence-electron chi connectivity index (χ4n) is 3.14. The predicted octanol–water partition coefficient (Wildman–Crippen LogP) is 1.55. The molecule has 1 fully saturated rings. The Morgan fingerprint density at radius 2 is 2.29 bits per heavy atom. The first-order valence-electron chi connectivity index (χ1n) is 9.24. The maximum absolute atomic E-state index is 12.6. The molecule has 0 unspecified atom stereocenters. The zero-order chi connectivity index (χ0) is 20.4. The van der Waals surface area contributed by atoms with Gasteiger partial charge in [0.1, 0.15) is 5.75 Å². The number of piperazine rings is 1. The van der Waals surface area contributed by atoms with E-state index in [1.54, 1.807) is 13.2 Å². The van der Waals surface area contributed by atoms with E-state index < -0.39 is 6.04 Å². The summed E-state index contributed by atoms with van der Waals surface area (Å²) in [5.41, 5.74) is 0.963. The minimum Gasteiger partial charge on any atom is -0.496 e. The van der Waals surface area contributed by atoms with Gasteiger partial charge in [-0.1, -0.05) is 42.3 Å². The van der Waals surface area contributed by atoms with Crippen molar-refractivity contribution in [2.75, 3.05) is 39.8 Å². The van der Waals surface area contributed by atoms with Crippen molar-refractivity contribution >= 4 is 17.9 Å². The smallest absolute Gasteiger partial charge is 0.237 e. The van der Waals surface area contributed by atoms with E-state index >= 15 is 0 Å². The standard InChI is InChI=1S/C22H27N3O3/c1-4-13-25(14-5-2)21(26)17-19-22(27)23-12-16-24(19)15-8-10-18-9-6-7-11-20(18)28-3/h1,5-11,19H,2,12-17H2,3H3,(H,23,27)/b10-8+/t19-/m1/s1. The van der Waals surface area contributed by atoms with E-state index in [0.717, 1.165) is 11.3 Å². The summed E-state index contributed by atoms with van der Waals surface area (Å²) in [4.78, 5) is 28.5. The van der Waals surface area contributed by atoms with Crippen LogP contribution < -0.4 is 10.1 Å². The van der Waals surface area contributed by atoms with Gasteiger partial charge in [0.2, 0.25) is 11.8 Å². The number of nitrogens with one attached hydrogen (secondary N) is 1. The van der Waals surface area contributed by atoms with Gasteiger partial charge in [-0.2, -0.15) is 0 Å². The van der Waals surface area contributed by atoms with Crippen molar-refractivity contribution in [1.29, 1.82) is 0 Å². The van der Waals surface area contributed by atoms with Crippen molar-refractivity contribution < 1.29 is 14.3 Å². The third-order valence-corrected chi connectivity index (χ3v) is 4.57. The topological polar surface area (TPSA) is 61.9 Å². The number of terminal acetylenes is 1. The van der Waals surface area contributed by atoms with Crippen LogP contribution in [0.2, 0.25) is 0 Å². The SMILES string of the molecule is C#CCN(CC=C)C(=O)C[C@@H]1C(=O)NCCN1C/C=C/c1ccccc1OC. The van der Waals surface area contributed by atoms with Gasteiger partial charge >= 0.3 is 0 Å². The Labute approximate surface area is 166 Å². The van der Waals surface area contributed by atoms with Crippen LogP contribution in [0.3, 0.4) is 0 Å². The van der Waals surface area contributed by atoms with Crippen molar-refractivity contribution in [3.63, 3.8) is 0 Å². The average molecular weight is 381 g/mol. The number of ether oxygens (including phenoxy) is 1. The molecule has 0 aromatic heterocycles. The number of para-hydroxylation sites is 1. The minimum absolute atomic E-state index is 0.0872. The summed E-state index contributed by atoms with van der Waals surface area (Å²) in [5.74, 6) is 2.98. The maximum Gasteiger partial charge on any atom is 0.237 e. The summed E-state index contributed by atoms with van der Waals surface area (Å²) >= 11 is 0. The predicted molar refractivity (Wildman–Crippen MR) is 111 cm³/mol. The number of amides is 2. The van der Waals surface area contributed by atoms with Gasteiger partial charge in [0, 0.05) is 31.7 Å². The van der Waals surface area contributed by atoms with E-state index in [1.165, 1.54) is 4.90 Å². The second-order valence-corrected chi connectivity index (χ2v) is 6.42. The monoisotopic (exact) mass is 381 g/mol. The van der Waals surface area contributed by atoms with Crippen LogP contribution in [0.25, 0.3) is 6.08 Å². The van der Waals surface area contributed by atoms with Gasteiger partial charge in [0.05, 0.1) is 26.1 Å². The van der Waals surface area contributed by atoms with Gasteiger partial charge in [-0.25, -0.2) is 0 Å². The van der Waals surface area contributed by atoms with Crippen LogP contribution in [-0.2, 0) is 9.59 Å². The van der Waals surface area contributed by atoms with E-state index in [-0.39, 0.29) is 24.8 Å². The molecule has 0 spiro atoms. The molecule has 0 aliphatic carbocycles. The van der Waals surface area contributed by atoms with Gasteiger partial charge in [0.25, 0.3) is 0 Å². The summed E-state index contributed by atoms with van der Waals surface area (Å²) in [6.07, 6.45) is 11.0. The third-order valence-electron chi connectivity index (χ3n) is 4.57. The van der Waals surface area contributed by atoms with Crippen LogP contribution in [0.1, 0.15) is 12.0 Å². The molecule has 1 aromatic rings. The van der Waals surface area contributed by atoms with Gasteiger partial charge in [0.15, 0.2) is 0 Å². The Morgan fingerprint density at radius 1 is 1.50 bits per heavy atom. The quantitative estimate of drug-likeness (QED) is 0.521.